The van der Waals surface area contributed by atoms with Crippen LogP contribution in [0.3, 0.4) is 0 Å². The molecule has 11 nitrogen and oxygen atoms in total. The number of sulfone groups is 1. The molecule has 1 aromatic rings. The molecule has 2 unspecified atom stereocenters. The number of nitrogens with zero attached hydrogens (tertiary/aromatic N) is 5. The van der Waals surface area contributed by atoms with Crippen molar-refractivity contribution >= 4 is 27.6 Å². The van der Waals surface area contributed by atoms with Gasteiger partial charge in [0.25, 0.3) is 0 Å². The lowest BCUT2D eigenvalue weighted by atomic mass is 9.77. The van der Waals surface area contributed by atoms with Crippen LogP contribution in [0.4, 0.5) is 14.5 Å². The fraction of sp³-hybridized carbons (Fsp3) is 0.350. The largest absolute Gasteiger partial charge is 0.433 e. The molecule has 1 amide bonds. The quantitative estimate of drug-likeness (QED) is 0.514. The number of carbonyl (C=O) groups excluding carboxylic acids is 1. The topological polar surface area (TPSA) is 144 Å². The van der Waals surface area contributed by atoms with Crippen molar-refractivity contribution in [3.05, 3.63) is 42.2 Å². The van der Waals surface area contributed by atoms with Crippen molar-refractivity contribution in [1.82, 2.24) is 15.4 Å². The van der Waals surface area contributed by atoms with E-state index >= 15 is 0 Å². The average Bonchev–Trinajstić information content (AvgIpc) is 3.37. The number of hydrogen-bond donors (Lipinski definition) is 2. The summed E-state index contributed by atoms with van der Waals surface area (Å²) in [4.78, 5) is 17.2. The second kappa shape index (κ2) is 8.58. The molecule has 3 aliphatic heterocycles. The zero-order valence-electron chi connectivity index (χ0n) is 17.9. The Balaban J connectivity index is 1.71. The van der Waals surface area contributed by atoms with Gasteiger partial charge in [-0.25, -0.2) is 13.4 Å². The van der Waals surface area contributed by atoms with E-state index in [9.17, 15) is 27.3 Å². The summed E-state index contributed by atoms with van der Waals surface area (Å²) < 4.78 is 54.7. The van der Waals surface area contributed by atoms with Crippen LogP contribution in [0, 0.1) is 16.7 Å². The highest BCUT2D eigenvalue weighted by atomic mass is 32.2. The first-order valence-electron chi connectivity index (χ1n) is 10.00. The van der Waals surface area contributed by atoms with Gasteiger partial charge in [0.05, 0.1) is 17.5 Å². The molecule has 180 valence electrons. The molecule has 0 saturated carbocycles. The molecule has 0 aromatic heterocycles. The van der Waals surface area contributed by atoms with Crippen LogP contribution in [-0.4, -0.2) is 69.2 Å². The van der Waals surface area contributed by atoms with E-state index in [-0.39, 0.29) is 36.0 Å². The number of carbonyl (C=O) groups is 1. The number of rotatable bonds is 7. The number of alkyl halides is 2. The highest BCUT2D eigenvalue weighted by Gasteiger charge is 2.58. The highest BCUT2D eigenvalue weighted by molar-refractivity contribution is 7.90. The molecule has 0 bridgehead atoms. The number of nitrogens with two attached hydrogens (primary N) is 1. The summed E-state index contributed by atoms with van der Waals surface area (Å²) in [6.07, 6.45) is 6.62. The van der Waals surface area contributed by atoms with Crippen LogP contribution in [0.5, 0.6) is 5.75 Å². The van der Waals surface area contributed by atoms with Crippen molar-refractivity contribution in [2.24, 2.45) is 16.1 Å². The smallest absolute Gasteiger partial charge is 0.387 e. The summed E-state index contributed by atoms with van der Waals surface area (Å²) in [5.41, 5.74) is 7.93. The van der Waals surface area contributed by atoms with Crippen molar-refractivity contribution < 1.29 is 26.7 Å². The number of hydrazine groups is 2. The number of nitrogens with one attached hydrogen (secondary N) is 1. The van der Waals surface area contributed by atoms with Gasteiger partial charge in [0.1, 0.15) is 17.6 Å². The number of amides is 1. The Kier molecular flexibility index (Phi) is 5.92. The van der Waals surface area contributed by atoms with Gasteiger partial charge in [-0.15, -0.1) is 0 Å². The molecular formula is C20H21F2N7O4S. The van der Waals surface area contributed by atoms with Gasteiger partial charge in [-0.3, -0.25) is 19.8 Å². The van der Waals surface area contributed by atoms with E-state index in [1.54, 1.807) is 22.3 Å². The third kappa shape index (κ3) is 3.93. The summed E-state index contributed by atoms with van der Waals surface area (Å²) in [5, 5.41) is 13.9. The molecular weight excluding hydrogens is 472 g/mol. The molecule has 3 aliphatic rings. The summed E-state index contributed by atoms with van der Waals surface area (Å²) >= 11 is 0. The van der Waals surface area contributed by atoms with Gasteiger partial charge in [-0.2, -0.15) is 14.0 Å². The molecule has 0 spiro atoms. The minimum Gasteiger partial charge on any atom is -0.433 e. The predicted molar refractivity (Wildman–Crippen MR) is 117 cm³/mol. The Hall–Kier alpha value is -3.70. The summed E-state index contributed by atoms with van der Waals surface area (Å²) in [7, 11) is -3.64. The van der Waals surface area contributed by atoms with Crippen LogP contribution in [0.25, 0.3) is 0 Å². The van der Waals surface area contributed by atoms with Gasteiger partial charge in [0.2, 0.25) is 5.91 Å². The maximum Gasteiger partial charge on any atom is 0.387 e. The predicted octanol–water partition coefficient (Wildman–Crippen LogP) is 0.352. The number of primary amides is 1. The Bertz CT molecular complexity index is 1240. The minimum atomic E-state index is -3.64. The molecule has 4 rings (SSSR count). The van der Waals surface area contributed by atoms with Crippen LogP contribution in [0.2, 0.25) is 0 Å². The van der Waals surface area contributed by atoms with E-state index < -0.39 is 33.9 Å². The molecule has 2 atom stereocenters. The van der Waals surface area contributed by atoms with Crippen LogP contribution in [-0.2, 0) is 14.6 Å². The third-order valence-electron chi connectivity index (χ3n) is 5.86. The number of anilines is 1. The van der Waals surface area contributed by atoms with E-state index in [1.165, 1.54) is 29.6 Å². The van der Waals surface area contributed by atoms with Gasteiger partial charge in [-0.1, -0.05) is 0 Å². The number of halogens is 2. The Labute approximate surface area is 194 Å². The first kappa shape index (κ1) is 23.5. The second-order valence-corrected chi connectivity index (χ2v) is 9.89. The van der Waals surface area contributed by atoms with Gasteiger partial charge in [0, 0.05) is 31.4 Å². The molecule has 0 radical (unpaired) electrons. The van der Waals surface area contributed by atoms with Gasteiger partial charge >= 0.3 is 6.61 Å². The van der Waals surface area contributed by atoms with Gasteiger partial charge in [-0.05, 0) is 29.8 Å². The fourth-order valence-corrected chi connectivity index (χ4v) is 4.93. The maximum atomic E-state index is 13.0. The maximum absolute atomic E-state index is 13.0. The first-order valence-corrected chi connectivity index (χ1v) is 11.9. The zero-order valence-corrected chi connectivity index (χ0v) is 18.7. The van der Waals surface area contributed by atoms with E-state index in [0.29, 0.717) is 5.57 Å². The van der Waals surface area contributed by atoms with Crippen molar-refractivity contribution in [2.45, 2.75) is 17.7 Å². The van der Waals surface area contributed by atoms with E-state index in [4.69, 9.17) is 5.73 Å². The molecule has 14 heteroatoms. The first-order chi connectivity index (χ1) is 16.1. The van der Waals surface area contributed by atoms with Crippen LogP contribution in [0.1, 0.15) is 0 Å². The Morgan fingerprint density at radius 3 is 2.88 bits per heavy atom. The molecule has 3 N–H and O–H groups in total. The standard InChI is InChI=1S/C20H21F2N7O4S/c1-34(31,32)14-3-4-16(33-19(21)22)15(9-14)28-11-13(10-26-28)20(17(24)30)12-27(8-5-23)29-7-2-6-25-18(20)29/h2-4,6-7,9-10,18-19,26H,8,11-12H2,1H3,(H2,24,30). The van der Waals surface area contributed by atoms with E-state index in [1.807, 2.05) is 6.07 Å². The van der Waals surface area contributed by atoms with Gasteiger partial charge in [0.15, 0.2) is 21.8 Å². The highest BCUT2D eigenvalue weighted by Crippen LogP contribution is 2.45. The van der Waals surface area contributed by atoms with Crippen molar-refractivity contribution in [2.75, 3.05) is 30.9 Å². The number of aliphatic imine (C=N–C) groups is 1. The SMILES string of the molecule is CS(=O)(=O)c1ccc(OC(F)F)c(N2CC(C3(C(N)=O)CN(CC#N)N4C=CC=NC43)=CN2)c1. The van der Waals surface area contributed by atoms with Crippen molar-refractivity contribution in [3.8, 4) is 11.8 Å². The minimum absolute atomic E-state index is 0.0142. The lowest BCUT2D eigenvalue weighted by Gasteiger charge is -2.34. The number of ether oxygens (including phenoxy) is 1. The number of allylic oxidation sites excluding steroid dienone is 1. The monoisotopic (exact) mass is 493 g/mol. The van der Waals surface area contributed by atoms with E-state index in [0.717, 1.165) is 12.3 Å². The Morgan fingerprint density at radius 1 is 1.47 bits per heavy atom. The zero-order chi connectivity index (χ0) is 24.7. The molecule has 0 aliphatic carbocycles. The molecule has 1 aromatic carbocycles. The number of benzene rings is 1. The number of nitriles is 1. The summed E-state index contributed by atoms with van der Waals surface area (Å²) in [6.45, 7) is -3.10. The molecule has 3 heterocycles. The fourth-order valence-electron chi connectivity index (χ4n) is 4.29. The second-order valence-electron chi connectivity index (χ2n) is 7.87. The molecule has 34 heavy (non-hydrogen) atoms. The normalized spacial score (nSPS) is 24.1. The molecule has 1 saturated heterocycles. The van der Waals surface area contributed by atoms with E-state index in [2.05, 4.69) is 15.2 Å². The van der Waals surface area contributed by atoms with Gasteiger partial charge < -0.3 is 15.9 Å². The summed E-state index contributed by atoms with van der Waals surface area (Å²) in [5.74, 6) is -0.935. The molecule has 1 fully saturated rings. The Morgan fingerprint density at radius 2 is 2.24 bits per heavy atom. The number of hydrogen-bond acceptors (Lipinski definition) is 10. The lowest BCUT2D eigenvalue weighted by Crippen LogP contribution is -2.50. The van der Waals surface area contributed by atoms with Crippen molar-refractivity contribution in [1.29, 1.82) is 5.26 Å². The van der Waals surface area contributed by atoms with Crippen LogP contribution < -0.4 is 20.9 Å². The third-order valence-corrected chi connectivity index (χ3v) is 6.97. The average molecular weight is 493 g/mol. The van der Waals surface area contributed by atoms with Crippen molar-refractivity contribution in [3.63, 3.8) is 0 Å². The van der Waals surface area contributed by atoms with Crippen LogP contribution >= 0.6 is 0 Å². The number of fused-ring (bicyclic) bond motifs is 1. The lowest BCUT2D eigenvalue weighted by molar-refractivity contribution is -0.126. The van der Waals surface area contributed by atoms with Crippen LogP contribution in [0.15, 0.2) is 52.1 Å². The summed E-state index contributed by atoms with van der Waals surface area (Å²) in [6, 6.07) is 5.57.